The minimum atomic E-state index is -0.419. The third-order valence-electron chi connectivity index (χ3n) is 5.63. The van der Waals surface area contributed by atoms with Gasteiger partial charge in [-0.1, -0.05) is 25.1 Å². The predicted octanol–water partition coefficient (Wildman–Crippen LogP) is 3.42. The summed E-state index contributed by atoms with van der Waals surface area (Å²) >= 11 is 0. The van der Waals surface area contributed by atoms with Gasteiger partial charge in [0, 0.05) is 19.6 Å². The zero-order valence-corrected chi connectivity index (χ0v) is 15.7. The molecular weight excluding hydrogens is 312 g/mol. The van der Waals surface area contributed by atoms with Gasteiger partial charge in [0.15, 0.2) is 6.10 Å². The maximum absolute atomic E-state index is 12.8. The number of rotatable bonds is 5. The largest absolute Gasteiger partial charge is 0.481 e. The summed E-state index contributed by atoms with van der Waals surface area (Å²) in [5.74, 6) is 2.37. The molecule has 2 heterocycles. The molecule has 2 atom stereocenters. The highest BCUT2D eigenvalue weighted by Gasteiger charge is 2.29. The second-order valence-corrected chi connectivity index (χ2v) is 7.85. The standard InChI is InChI=1S/C21H32N2O2/c1-17-10-13-22(14-11-17)15-19-7-6-12-23(16-19)21(24)18(2)25-20-8-4-3-5-9-20/h3-5,8-9,17-19H,6-7,10-16H2,1-2H3. The molecule has 25 heavy (non-hydrogen) atoms. The minimum absolute atomic E-state index is 0.126. The lowest BCUT2D eigenvalue weighted by atomic mass is 9.94. The van der Waals surface area contributed by atoms with Gasteiger partial charge in [-0.15, -0.1) is 0 Å². The van der Waals surface area contributed by atoms with Crippen LogP contribution in [0.15, 0.2) is 30.3 Å². The fourth-order valence-corrected chi connectivity index (χ4v) is 4.03. The van der Waals surface area contributed by atoms with Crippen molar-refractivity contribution in [3.05, 3.63) is 30.3 Å². The average molecular weight is 344 g/mol. The molecule has 0 spiro atoms. The molecule has 0 saturated carbocycles. The van der Waals surface area contributed by atoms with Crippen molar-refractivity contribution in [3.8, 4) is 5.75 Å². The van der Waals surface area contributed by atoms with E-state index in [1.165, 1.54) is 32.4 Å². The van der Waals surface area contributed by atoms with Crippen molar-refractivity contribution in [1.82, 2.24) is 9.80 Å². The van der Waals surface area contributed by atoms with Crippen LogP contribution in [0.3, 0.4) is 0 Å². The van der Waals surface area contributed by atoms with E-state index in [0.29, 0.717) is 5.92 Å². The molecule has 0 radical (unpaired) electrons. The fraction of sp³-hybridized carbons (Fsp3) is 0.667. The summed E-state index contributed by atoms with van der Waals surface area (Å²) in [5.41, 5.74) is 0. The lowest BCUT2D eigenvalue weighted by Gasteiger charge is -2.38. The summed E-state index contributed by atoms with van der Waals surface area (Å²) in [6.45, 7) is 9.56. The summed E-state index contributed by atoms with van der Waals surface area (Å²) in [6.07, 6.45) is 4.56. The quantitative estimate of drug-likeness (QED) is 0.820. The Morgan fingerprint density at radius 3 is 2.60 bits per heavy atom. The Hall–Kier alpha value is -1.55. The summed E-state index contributed by atoms with van der Waals surface area (Å²) < 4.78 is 5.82. The molecular formula is C21H32N2O2. The van der Waals surface area contributed by atoms with E-state index >= 15 is 0 Å². The van der Waals surface area contributed by atoms with Gasteiger partial charge in [-0.25, -0.2) is 0 Å². The third kappa shape index (κ3) is 5.21. The zero-order chi connectivity index (χ0) is 17.6. The van der Waals surface area contributed by atoms with Gasteiger partial charge >= 0.3 is 0 Å². The Kier molecular flexibility index (Phi) is 6.35. The molecule has 2 aliphatic rings. The van der Waals surface area contributed by atoms with Gasteiger partial charge in [-0.3, -0.25) is 4.79 Å². The van der Waals surface area contributed by atoms with Gasteiger partial charge in [0.1, 0.15) is 5.75 Å². The maximum atomic E-state index is 12.8. The number of hydrogen-bond acceptors (Lipinski definition) is 3. The smallest absolute Gasteiger partial charge is 0.263 e. The van der Waals surface area contributed by atoms with Crippen molar-refractivity contribution < 1.29 is 9.53 Å². The SMILES string of the molecule is CC1CCN(CC2CCCN(C(=O)C(C)Oc3ccccc3)C2)CC1. The van der Waals surface area contributed by atoms with E-state index in [-0.39, 0.29) is 5.91 Å². The minimum Gasteiger partial charge on any atom is -0.481 e. The monoisotopic (exact) mass is 344 g/mol. The van der Waals surface area contributed by atoms with E-state index in [0.717, 1.165) is 37.7 Å². The number of benzene rings is 1. The van der Waals surface area contributed by atoms with E-state index in [1.54, 1.807) is 0 Å². The number of carbonyl (C=O) groups excluding carboxylic acids is 1. The maximum Gasteiger partial charge on any atom is 0.263 e. The summed E-state index contributed by atoms with van der Waals surface area (Å²) in [5, 5.41) is 0. The molecule has 3 rings (SSSR count). The van der Waals surface area contributed by atoms with Crippen LogP contribution in [0.5, 0.6) is 5.75 Å². The molecule has 4 nitrogen and oxygen atoms in total. The Balaban J connectivity index is 1.49. The molecule has 1 aromatic rings. The van der Waals surface area contributed by atoms with E-state index < -0.39 is 6.10 Å². The number of carbonyl (C=O) groups is 1. The number of piperidine rings is 2. The molecule has 2 fully saturated rings. The molecule has 0 aromatic heterocycles. The molecule has 0 N–H and O–H groups in total. The fourth-order valence-electron chi connectivity index (χ4n) is 4.03. The van der Waals surface area contributed by atoms with Crippen molar-refractivity contribution in [1.29, 1.82) is 0 Å². The molecule has 1 aromatic carbocycles. The van der Waals surface area contributed by atoms with Gasteiger partial charge in [0.2, 0.25) is 0 Å². The van der Waals surface area contributed by atoms with Gasteiger partial charge < -0.3 is 14.5 Å². The van der Waals surface area contributed by atoms with Crippen LogP contribution in [0, 0.1) is 11.8 Å². The van der Waals surface area contributed by atoms with E-state index in [9.17, 15) is 4.79 Å². The third-order valence-corrected chi connectivity index (χ3v) is 5.63. The van der Waals surface area contributed by atoms with Crippen molar-refractivity contribution in [2.75, 3.05) is 32.7 Å². The van der Waals surface area contributed by atoms with E-state index in [1.807, 2.05) is 42.2 Å². The number of para-hydroxylation sites is 1. The average Bonchev–Trinajstić information content (AvgIpc) is 2.64. The van der Waals surface area contributed by atoms with E-state index in [4.69, 9.17) is 4.74 Å². The molecule has 2 aliphatic heterocycles. The highest BCUT2D eigenvalue weighted by Crippen LogP contribution is 2.23. The van der Waals surface area contributed by atoms with Crippen molar-refractivity contribution in [2.24, 2.45) is 11.8 Å². The van der Waals surface area contributed by atoms with Crippen LogP contribution in [0.4, 0.5) is 0 Å². The first-order valence-electron chi connectivity index (χ1n) is 9.84. The van der Waals surface area contributed by atoms with Crippen LogP contribution in [0.1, 0.15) is 39.5 Å². The Morgan fingerprint density at radius 2 is 1.88 bits per heavy atom. The lowest BCUT2D eigenvalue weighted by molar-refractivity contribution is -0.140. The Labute approximate surface area is 152 Å². The number of ether oxygens (including phenoxy) is 1. The van der Waals surface area contributed by atoms with Gasteiger partial charge in [0.05, 0.1) is 0 Å². The molecule has 2 unspecified atom stereocenters. The first-order valence-corrected chi connectivity index (χ1v) is 9.84. The van der Waals surface area contributed by atoms with E-state index in [2.05, 4.69) is 11.8 Å². The highest BCUT2D eigenvalue weighted by atomic mass is 16.5. The zero-order valence-electron chi connectivity index (χ0n) is 15.7. The molecule has 138 valence electrons. The molecule has 4 heteroatoms. The van der Waals surface area contributed by atoms with Crippen LogP contribution in [0.25, 0.3) is 0 Å². The second kappa shape index (κ2) is 8.70. The molecule has 0 bridgehead atoms. The normalized spacial score (nSPS) is 24.1. The van der Waals surface area contributed by atoms with Crippen LogP contribution in [-0.2, 0) is 4.79 Å². The summed E-state index contributed by atoms with van der Waals surface area (Å²) in [6, 6.07) is 9.63. The van der Waals surface area contributed by atoms with Crippen molar-refractivity contribution in [3.63, 3.8) is 0 Å². The van der Waals surface area contributed by atoms with Gasteiger partial charge in [-0.05, 0) is 69.7 Å². The molecule has 1 amide bonds. The molecule has 0 aliphatic carbocycles. The summed E-state index contributed by atoms with van der Waals surface area (Å²) in [7, 11) is 0. The van der Waals surface area contributed by atoms with Crippen molar-refractivity contribution >= 4 is 5.91 Å². The second-order valence-electron chi connectivity index (χ2n) is 7.85. The first kappa shape index (κ1) is 18.2. The van der Waals surface area contributed by atoms with Gasteiger partial charge in [-0.2, -0.15) is 0 Å². The van der Waals surface area contributed by atoms with Crippen LogP contribution in [0.2, 0.25) is 0 Å². The number of likely N-dealkylation sites (tertiary alicyclic amines) is 2. The first-order chi connectivity index (χ1) is 12.1. The van der Waals surface area contributed by atoms with Gasteiger partial charge in [0.25, 0.3) is 5.91 Å². The summed E-state index contributed by atoms with van der Waals surface area (Å²) in [4.78, 5) is 17.4. The number of hydrogen-bond donors (Lipinski definition) is 0. The number of amides is 1. The topological polar surface area (TPSA) is 32.8 Å². The Morgan fingerprint density at radius 1 is 1.16 bits per heavy atom. The van der Waals surface area contributed by atoms with Crippen molar-refractivity contribution in [2.45, 2.75) is 45.6 Å². The van der Waals surface area contributed by atoms with Crippen LogP contribution in [-0.4, -0.2) is 54.5 Å². The highest BCUT2D eigenvalue weighted by molar-refractivity contribution is 5.81. The lowest BCUT2D eigenvalue weighted by Crippen LogP contribution is -2.48. The number of nitrogens with zero attached hydrogens (tertiary/aromatic N) is 2. The molecule has 2 saturated heterocycles. The van der Waals surface area contributed by atoms with Crippen LogP contribution >= 0.6 is 0 Å². The Bertz CT molecular complexity index is 540. The van der Waals surface area contributed by atoms with Crippen LogP contribution < -0.4 is 4.74 Å². The predicted molar refractivity (Wildman–Crippen MR) is 101 cm³/mol.